The smallest absolute Gasteiger partial charge is 0.119 e. The highest BCUT2D eigenvalue weighted by molar-refractivity contribution is 5.38. The van der Waals surface area contributed by atoms with Crippen LogP contribution in [-0.2, 0) is 6.67 Å². The Morgan fingerprint density at radius 1 is 1.33 bits per heavy atom. The lowest BCUT2D eigenvalue weighted by atomic mass is 9.89. The Morgan fingerprint density at radius 2 is 2.07 bits per heavy atom. The first-order valence-electron chi connectivity index (χ1n) is 5.39. The molecule has 15 heavy (non-hydrogen) atoms. The average molecular weight is 209 g/mol. The molecule has 0 bridgehead atoms. The molecule has 0 unspecified atom stereocenters. The van der Waals surface area contributed by atoms with E-state index in [9.17, 15) is 9.50 Å². The largest absolute Gasteiger partial charge is 0.508 e. The van der Waals surface area contributed by atoms with Gasteiger partial charge in [0.25, 0.3) is 0 Å². The molecule has 2 N–H and O–H groups in total. The summed E-state index contributed by atoms with van der Waals surface area (Å²) in [6.45, 7) is 1.49. The lowest BCUT2D eigenvalue weighted by molar-refractivity contribution is 0.422. The summed E-state index contributed by atoms with van der Waals surface area (Å²) < 4.78 is 12.5. The summed E-state index contributed by atoms with van der Waals surface area (Å²) in [4.78, 5) is 0. The SMILES string of the molecule is Oc1ccc(CF)cc1C1CCNCC1. The molecule has 0 atom stereocenters. The van der Waals surface area contributed by atoms with Gasteiger partial charge >= 0.3 is 0 Å². The van der Waals surface area contributed by atoms with Gasteiger partial charge in [-0.05, 0) is 55.1 Å². The van der Waals surface area contributed by atoms with Gasteiger partial charge in [-0.1, -0.05) is 6.07 Å². The second-order valence-electron chi connectivity index (χ2n) is 4.05. The molecule has 1 fully saturated rings. The maximum absolute atomic E-state index is 12.5. The van der Waals surface area contributed by atoms with Gasteiger partial charge in [-0.2, -0.15) is 0 Å². The Balaban J connectivity index is 2.24. The molecular weight excluding hydrogens is 193 g/mol. The number of benzene rings is 1. The molecule has 2 nitrogen and oxygen atoms in total. The zero-order valence-corrected chi connectivity index (χ0v) is 8.67. The van der Waals surface area contributed by atoms with Crippen molar-refractivity contribution in [2.45, 2.75) is 25.4 Å². The summed E-state index contributed by atoms with van der Waals surface area (Å²) >= 11 is 0. The number of alkyl halides is 1. The monoisotopic (exact) mass is 209 g/mol. The number of phenolic OH excluding ortho intramolecular Hbond substituents is 1. The molecule has 0 aliphatic carbocycles. The molecule has 1 aliphatic rings. The number of halogens is 1. The first kappa shape index (κ1) is 10.4. The molecular formula is C12H16FNO. The molecule has 2 rings (SSSR count). The number of aromatic hydroxyl groups is 1. The van der Waals surface area contributed by atoms with Crippen LogP contribution in [0.3, 0.4) is 0 Å². The second-order valence-corrected chi connectivity index (χ2v) is 4.05. The number of nitrogens with one attached hydrogen (secondary N) is 1. The summed E-state index contributed by atoms with van der Waals surface area (Å²) in [7, 11) is 0. The Kier molecular flexibility index (Phi) is 3.21. The lowest BCUT2D eigenvalue weighted by Crippen LogP contribution is -2.26. The van der Waals surface area contributed by atoms with E-state index in [0.29, 0.717) is 17.2 Å². The van der Waals surface area contributed by atoms with Gasteiger partial charge in [0.05, 0.1) is 0 Å². The lowest BCUT2D eigenvalue weighted by Gasteiger charge is -2.23. The number of rotatable bonds is 2. The van der Waals surface area contributed by atoms with Gasteiger partial charge in [-0.25, -0.2) is 4.39 Å². The van der Waals surface area contributed by atoms with Crippen molar-refractivity contribution in [2.24, 2.45) is 0 Å². The van der Waals surface area contributed by atoms with Crippen molar-refractivity contribution < 1.29 is 9.50 Å². The third-order valence-corrected chi connectivity index (χ3v) is 3.03. The topological polar surface area (TPSA) is 32.3 Å². The number of hydrogen-bond acceptors (Lipinski definition) is 2. The number of piperidine rings is 1. The van der Waals surface area contributed by atoms with Crippen molar-refractivity contribution in [3.8, 4) is 5.75 Å². The summed E-state index contributed by atoms with van der Waals surface area (Å²) in [6, 6.07) is 5.04. The summed E-state index contributed by atoms with van der Waals surface area (Å²) in [5, 5.41) is 13.0. The molecule has 0 radical (unpaired) electrons. The first-order valence-corrected chi connectivity index (χ1v) is 5.39. The number of hydrogen-bond donors (Lipinski definition) is 2. The molecule has 3 heteroatoms. The summed E-state index contributed by atoms with van der Waals surface area (Å²) in [5.41, 5.74) is 1.56. The second kappa shape index (κ2) is 4.62. The van der Waals surface area contributed by atoms with Crippen LogP contribution in [0.25, 0.3) is 0 Å². The van der Waals surface area contributed by atoms with E-state index in [4.69, 9.17) is 0 Å². The molecule has 1 aliphatic heterocycles. The van der Waals surface area contributed by atoms with Crippen LogP contribution >= 0.6 is 0 Å². The minimum absolute atomic E-state index is 0.305. The van der Waals surface area contributed by atoms with E-state index >= 15 is 0 Å². The van der Waals surface area contributed by atoms with E-state index in [1.54, 1.807) is 18.2 Å². The summed E-state index contributed by atoms with van der Waals surface area (Å²) in [5.74, 6) is 0.678. The molecule has 1 aromatic carbocycles. The van der Waals surface area contributed by atoms with E-state index in [0.717, 1.165) is 31.5 Å². The normalized spacial score (nSPS) is 17.9. The van der Waals surface area contributed by atoms with Gasteiger partial charge in [0.2, 0.25) is 0 Å². The van der Waals surface area contributed by atoms with Crippen LogP contribution in [0.4, 0.5) is 4.39 Å². The molecule has 1 saturated heterocycles. The third-order valence-electron chi connectivity index (χ3n) is 3.03. The van der Waals surface area contributed by atoms with Crippen molar-refractivity contribution in [3.05, 3.63) is 29.3 Å². The highest BCUT2D eigenvalue weighted by Crippen LogP contribution is 2.32. The highest BCUT2D eigenvalue weighted by Gasteiger charge is 2.18. The van der Waals surface area contributed by atoms with Crippen molar-refractivity contribution in [3.63, 3.8) is 0 Å². The Bertz CT molecular complexity index is 334. The van der Waals surface area contributed by atoms with Gasteiger partial charge in [0.1, 0.15) is 12.4 Å². The fourth-order valence-electron chi connectivity index (χ4n) is 2.15. The van der Waals surface area contributed by atoms with Gasteiger partial charge in [-0.15, -0.1) is 0 Å². The Morgan fingerprint density at radius 3 is 2.73 bits per heavy atom. The van der Waals surface area contributed by atoms with Crippen molar-refractivity contribution >= 4 is 0 Å². The molecule has 1 heterocycles. The Labute approximate surface area is 89.1 Å². The molecule has 0 saturated carbocycles. The Hall–Kier alpha value is -1.09. The predicted molar refractivity (Wildman–Crippen MR) is 57.8 cm³/mol. The maximum Gasteiger partial charge on any atom is 0.119 e. The van der Waals surface area contributed by atoms with Crippen LogP contribution in [0.15, 0.2) is 18.2 Å². The fraction of sp³-hybridized carbons (Fsp3) is 0.500. The minimum Gasteiger partial charge on any atom is -0.508 e. The van der Waals surface area contributed by atoms with Gasteiger partial charge in [-0.3, -0.25) is 0 Å². The van der Waals surface area contributed by atoms with E-state index in [-0.39, 0.29) is 0 Å². The zero-order chi connectivity index (χ0) is 10.7. The molecule has 82 valence electrons. The van der Waals surface area contributed by atoms with E-state index in [1.807, 2.05) is 0 Å². The van der Waals surface area contributed by atoms with Crippen LogP contribution < -0.4 is 5.32 Å². The van der Waals surface area contributed by atoms with Crippen molar-refractivity contribution in [1.82, 2.24) is 5.32 Å². The quantitative estimate of drug-likeness (QED) is 0.783. The summed E-state index contributed by atoms with van der Waals surface area (Å²) in [6.07, 6.45) is 2.03. The standard InChI is InChI=1S/C12H16FNO/c13-8-9-1-2-12(15)11(7-9)10-3-5-14-6-4-10/h1-2,7,10,14-15H,3-6,8H2. The molecule has 1 aromatic rings. The zero-order valence-electron chi connectivity index (χ0n) is 8.67. The van der Waals surface area contributed by atoms with Crippen LogP contribution in [-0.4, -0.2) is 18.2 Å². The first-order chi connectivity index (χ1) is 7.31. The molecule has 0 spiro atoms. The third kappa shape index (κ3) is 2.29. The van der Waals surface area contributed by atoms with Gasteiger partial charge in [0.15, 0.2) is 0 Å². The van der Waals surface area contributed by atoms with Crippen LogP contribution in [0, 0.1) is 0 Å². The average Bonchev–Trinajstić information content (AvgIpc) is 2.31. The van der Waals surface area contributed by atoms with Gasteiger partial charge in [0, 0.05) is 0 Å². The molecule has 0 amide bonds. The van der Waals surface area contributed by atoms with Crippen molar-refractivity contribution in [2.75, 3.05) is 13.1 Å². The van der Waals surface area contributed by atoms with E-state index in [2.05, 4.69) is 5.32 Å². The predicted octanol–water partition coefficient (Wildman–Crippen LogP) is 2.33. The van der Waals surface area contributed by atoms with Crippen LogP contribution in [0.5, 0.6) is 5.75 Å². The molecule has 0 aromatic heterocycles. The highest BCUT2D eigenvalue weighted by atomic mass is 19.1. The van der Waals surface area contributed by atoms with Crippen molar-refractivity contribution in [1.29, 1.82) is 0 Å². The van der Waals surface area contributed by atoms with Gasteiger partial charge < -0.3 is 10.4 Å². The fourth-order valence-corrected chi connectivity index (χ4v) is 2.15. The van der Waals surface area contributed by atoms with Crippen LogP contribution in [0.2, 0.25) is 0 Å². The number of phenols is 1. The maximum atomic E-state index is 12.5. The van der Waals surface area contributed by atoms with Crippen LogP contribution in [0.1, 0.15) is 29.9 Å². The van der Waals surface area contributed by atoms with E-state index in [1.165, 1.54) is 0 Å². The van der Waals surface area contributed by atoms with E-state index < -0.39 is 6.67 Å². The minimum atomic E-state index is -0.460.